The van der Waals surface area contributed by atoms with Gasteiger partial charge in [-0.1, -0.05) is 42.5 Å². The van der Waals surface area contributed by atoms with Crippen molar-refractivity contribution < 1.29 is 8.42 Å². The zero-order valence-electron chi connectivity index (χ0n) is 11.6. The predicted molar refractivity (Wildman–Crippen MR) is 89.6 cm³/mol. The van der Waals surface area contributed by atoms with Crippen LogP contribution < -0.4 is 4.31 Å². The van der Waals surface area contributed by atoms with Crippen molar-refractivity contribution >= 4 is 27.0 Å². The topological polar surface area (TPSA) is 37.4 Å². The van der Waals surface area contributed by atoms with Gasteiger partial charge in [-0.15, -0.1) is 11.3 Å². The number of hydrogen-bond donors (Lipinski definition) is 0. The van der Waals surface area contributed by atoms with Gasteiger partial charge in [0.15, 0.2) is 0 Å². The first-order valence-corrected chi connectivity index (χ1v) is 9.23. The lowest BCUT2D eigenvalue weighted by Crippen LogP contribution is -2.32. The fourth-order valence-corrected chi connectivity index (χ4v) is 5.25. The summed E-state index contributed by atoms with van der Waals surface area (Å²) in [6, 6.07) is 18.5. The fourth-order valence-electron chi connectivity index (χ4n) is 2.75. The smallest absolute Gasteiger partial charge is 0.260 e. The number of anilines is 1. The van der Waals surface area contributed by atoms with Crippen LogP contribution in [0.4, 0.5) is 5.69 Å². The van der Waals surface area contributed by atoms with Gasteiger partial charge in [0, 0.05) is 0 Å². The largest absolute Gasteiger partial charge is 0.264 e. The molecule has 0 bridgehead atoms. The summed E-state index contributed by atoms with van der Waals surface area (Å²) in [4.78, 5) is 1.34. The SMILES string of the molecule is O=S(=O)(c1ccccc1)N1Cc2ccccc2-c2sccc21. The highest BCUT2D eigenvalue weighted by molar-refractivity contribution is 7.92. The highest BCUT2D eigenvalue weighted by Crippen LogP contribution is 2.44. The fraction of sp³-hybridized carbons (Fsp3) is 0.0588. The van der Waals surface area contributed by atoms with Crippen molar-refractivity contribution in [1.82, 2.24) is 0 Å². The van der Waals surface area contributed by atoms with E-state index in [0.29, 0.717) is 11.4 Å². The Hall–Kier alpha value is -2.11. The van der Waals surface area contributed by atoms with E-state index in [0.717, 1.165) is 21.7 Å². The van der Waals surface area contributed by atoms with Crippen molar-refractivity contribution in [2.45, 2.75) is 11.4 Å². The van der Waals surface area contributed by atoms with Crippen LogP contribution in [-0.2, 0) is 16.6 Å². The molecule has 0 amide bonds. The van der Waals surface area contributed by atoms with Gasteiger partial charge < -0.3 is 0 Å². The molecule has 0 aliphatic carbocycles. The van der Waals surface area contributed by atoms with Crippen molar-refractivity contribution in [3.63, 3.8) is 0 Å². The molecular weight excluding hydrogens is 314 g/mol. The van der Waals surface area contributed by atoms with Gasteiger partial charge in [-0.3, -0.25) is 4.31 Å². The van der Waals surface area contributed by atoms with Gasteiger partial charge in [0.05, 0.1) is 22.0 Å². The van der Waals surface area contributed by atoms with Crippen LogP contribution >= 0.6 is 11.3 Å². The van der Waals surface area contributed by atoms with E-state index in [9.17, 15) is 8.42 Å². The molecule has 1 aromatic heterocycles. The molecule has 0 N–H and O–H groups in total. The molecule has 4 rings (SSSR count). The molecule has 0 fully saturated rings. The van der Waals surface area contributed by atoms with Crippen LogP contribution in [0.2, 0.25) is 0 Å². The lowest BCUT2D eigenvalue weighted by molar-refractivity contribution is 0.590. The third-order valence-corrected chi connectivity index (χ3v) is 6.53. The van der Waals surface area contributed by atoms with Gasteiger partial charge >= 0.3 is 0 Å². The number of nitrogens with zero attached hydrogens (tertiary/aromatic N) is 1. The first-order chi connectivity index (χ1) is 10.7. The Kier molecular flexibility index (Phi) is 3.06. The molecule has 0 saturated heterocycles. The molecule has 3 aromatic rings. The van der Waals surface area contributed by atoms with Gasteiger partial charge in [-0.05, 0) is 34.7 Å². The van der Waals surface area contributed by atoms with Crippen molar-refractivity contribution in [1.29, 1.82) is 0 Å². The molecular formula is C17H13NO2S2. The van der Waals surface area contributed by atoms with Crippen molar-refractivity contribution in [2.24, 2.45) is 0 Å². The molecule has 22 heavy (non-hydrogen) atoms. The summed E-state index contributed by atoms with van der Waals surface area (Å²) < 4.78 is 27.5. The molecule has 0 radical (unpaired) electrons. The Morgan fingerprint density at radius 1 is 0.909 bits per heavy atom. The van der Waals surface area contributed by atoms with Gasteiger partial charge in [0.2, 0.25) is 0 Å². The van der Waals surface area contributed by atoms with E-state index in [2.05, 4.69) is 6.07 Å². The van der Waals surface area contributed by atoms with Crippen LogP contribution in [0.1, 0.15) is 5.56 Å². The minimum atomic E-state index is -3.55. The number of rotatable bonds is 2. The van der Waals surface area contributed by atoms with Gasteiger partial charge in [0.1, 0.15) is 0 Å². The molecule has 1 aliphatic rings. The molecule has 110 valence electrons. The first-order valence-electron chi connectivity index (χ1n) is 6.91. The van der Waals surface area contributed by atoms with E-state index in [4.69, 9.17) is 0 Å². The highest BCUT2D eigenvalue weighted by atomic mass is 32.2. The normalized spacial score (nSPS) is 13.5. The molecule has 0 spiro atoms. The number of hydrogen-bond acceptors (Lipinski definition) is 3. The first kappa shape index (κ1) is 13.5. The second kappa shape index (κ2) is 4.97. The number of thiophene rings is 1. The average molecular weight is 327 g/mol. The summed E-state index contributed by atoms with van der Waals surface area (Å²) in [7, 11) is -3.55. The van der Waals surface area contributed by atoms with Gasteiger partial charge in [-0.25, -0.2) is 8.42 Å². The van der Waals surface area contributed by atoms with Gasteiger partial charge in [-0.2, -0.15) is 0 Å². The third kappa shape index (κ3) is 1.97. The van der Waals surface area contributed by atoms with E-state index in [-0.39, 0.29) is 0 Å². The minimum absolute atomic E-state index is 0.325. The molecule has 0 saturated carbocycles. The van der Waals surface area contributed by atoms with E-state index in [1.807, 2.05) is 35.7 Å². The highest BCUT2D eigenvalue weighted by Gasteiger charge is 2.32. The zero-order valence-corrected chi connectivity index (χ0v) is 13.3. The molecule has 2 aromatic carbocycles. The van der Waals surface area contributed by atoms with Gasteiger partial charge in [0.25, 0.3) is 10.0 Å². The Morgan fingerprint density at radius 2 is 1.64 bits per heavy atom. The van der Waals surface area contributed by atoms with E-state index in [1.165, 1.54) is 4.31 Å². The zero-order chi connectivity index (χ0) is 15.2. The average Bonchev–Trinajstić information content (AvgIpc) is 3.04. The summed E-state index contributed by atoms with van der Waals surface area (Å²) in [6.07, 6.45) is 0. The van der Waals surface area contributed by atoms with Crippen molar-refractivity contribution in [2.75, 3.05) is 4.31 Å². The maximum absolute atomic E-state index is 13.0. The molecule has 5 heteroatoms. The van der Waals surface area contributed by atoms with Crippen LogP contribution in [-0.4, -0.2) is 8.42 Å². The third-order valence-electron chi connectivity index (χ3n) is 3.82. The lowest BCUT2D eigenvalue weighted by Gasteiger charge is -2.29. The monoisotopic (exact) mass is 327 g/mol. The van der Waals surface area contributed by atoms with Crippen molar-refractivity contribution in [3.8, 4) is 10.4 Å². The predicted octanol–water partition coefficient (Wildman–Crippen LogP) is 4.12. The summed E-state index contributed by atoms with van der Waals surface area (Å²) in [5.41, 5.74) is 2.94. The quantitative estimate of drug-likeness (QED) is 0.710. The maximum Gasteiger partial charge on any atom is 0.264 e. The molecule has 3 nitrogen and oxygen atoms in total. The molecule has 2 heterocycles. The van der Waals surface area contributed by atoms with E-state index in [1.54, 1.807) is 35.6 Å². The van der Waals surface area contributed by atoms with Crippen LogP contribution in [0.5, 0.6) is 0 Å². The van der Waals surface area contributed by atoms with Crippen molar-refractivity contribution in [3.05, 3.63) is 71.6 Å². The number of benzene rings is 2. The van der Waals surface area contributed by atoms with Crippen LogP contribution in [0.3, 0.4) is 0 Å². The summed E-state index contributed by atoms with van der Waals surface area (Å²) in [6.45, 7) is 0.372. The summed E-state index contributed by atoms with van der Waals surface area (Å²) in [5, 5.41) is 1.94. The second-order valence-electron chi connectivity index (χ2n) is 5.12. The molecule has 0 unspecified atom stereocenters. The van der Waals surface area contributed by atoms with Crippen LogP contribution in [0, 0.1) is 0 Å². The Morgan fingerprint density at radius 3 is 2.45 bits per heavy atom. The summed E-state index contributed by atoms with van der Waals surface area (Å²) in [5.74, 6) is 0. The number of sulfonamides is 1. The maximum atomic E-state index is 13.0. The Balaban J connectivity index is 1.89. The standard InChI is InChI=1S/C17H13NO2S2/c19-22(20,14-7-2-1-3-8-14)18-12-13-6-4-5-9-15(13)17-16(18)10-11-21-17/h1-11H,12H2. The van der Waals surface area contributed by atoms with Crippen LogP contribution in [0.25, 0.3) is 10.4 Å². The Bertz CT molecular complexity index is 930. The summed E-state index contributed by atoms with van der Waals surface area (Å²) >= 11 is 1.58. The van der Waals surface area contributed by atoms with Crippen LogP contribution in [0.15, 0.2) is 70.9 Å². The minimum Gasteiger partial charge on any atom is -0.260 e. The second-order valence-corrected chi connectivity index (χ2v) is 7.90. The lowest BCUT2D eigenvalue weighted by atomic mass is 10.0. The molecule has 1 aliphatic heterocycles. The van der Waals surface area contributed by atoms with E-state index >= 15 is 0 Å². The van der Waals surface area contributed by atoms with E-state index < -0.39 is 10.0 Å². The molecule has 0 atom stereocenters. The number of fused-ring (bicyclic) bond motifs is 3. The Labute approximate surface area is 133 Å².